The van der Waals surface area contributed by atoms with Gasteiger partial charge in [-0.05, 0) is 45.4 Å². The van der Waals surface area contributed by atoms with E-state index in [9.17, 15) is 9.59 Å². The Bertz CT molecular complexity index is 744. The Morgan fingerprint density at radius 2 is 1.86 bits per heavy atom. The van der Waals surface area contributed by atoms with Gasteiger partial charge in [-0.2, -0.15) is 0 Å². The second kappa shape index (κ2) is 8.44. The monoisotopic (exact) mass is 405 g/mol. The SMILES string of the molecule is COCc1c(C(=O)N2CCCC3(CCOCC3)C2C(=O)N2CCCC2)noc1C. The van der Waals surface area contributed by atoms with E-state index < -0.39 is 6.04 Å². The average Bonchev–Trinajstić information content (AvgIpc) is 3.39. The summed E-state index contributed by atoms with van der Waals surface area (Å²) in [6, 6.07) is -0.460. The molecule has 1 atom stereocenters. The third kappa shape index (κ3) is 3.68. The van der Waals surface area contributed by atoms with Gasteiger partial charge in [0.2, 0.25) is 5.91 Å². The van der Waals surface area contributed by atoms with Crippen LogP contribution in [0.2, 0.25) is 0 Å². The minimum atomic E-state index is -0.460. The number of aromatic nitrogens is 1. The Morgan fingerprint density at radius 3 is 2.55 bits per heavy atom. The predicted octanol–water partition coefficient (Wildman–Crippen LogP) is 2.15. The fraction of sp³-hybridized carbons (Fsp3) is 0.762. The fourth-order valence-electron chi connectivity index (χ4n) is 5.23. The number of aryl methyl sites for hydroxylation is 1. The van der Waals surface area contributed by atoms with Gasteiger partial charge in [-0.25, -0.2) is 0 Å². The fourth-order valence-corrected chi connectivity index (χ4v) is 5.23. The van der Waals surface area contributed by atoms with Crippen LogP contribution < -0.4 is 0 Å². The van der Waals surface area contributed by atoms with E-state index in [0.717, 1.165) is 51.6 Å². The minimum absolute atomic E-state index is 0.0889. The number of amides is 2. The molecule has 4 rings (SSSR count). The van der Waals surface area contributed by atoms with Crippen LogP contribution in [0.1, 0.15) is 60.3 Å². The summed E-state index contributed by atoms with van der Waals surface area (Å²) < 4.78 is 16.2. The molecular weight excluding hydrogens is 374 g/mol. The summed E-state index contributed by atoms with van der Waals surface area (Å²) in [6.07, 6.45) is 5.51. The molecule has 160 valence electrons. The lowest BCUT2D eigenvalue weighted by molar-refractivity contribution is -0.147. The first-order valence-electron chi connectivity index (χ1n) is 10.7. The summed E-state index contributed by atoms with van der Waals surface area (Å²) in [7, 11) is 1.58. The van der Waals surface area contributed by atoms with Crippen LogP contribution >= 0.6 is 0 Å². The summed E-state index contributed by atoms with van der Waals surface area (Å²) >= 11 is 0. The van der Waals surface area contributed by atoms with Crippen molar-refractivity contribution in [2.24, 2.45) is 5.41 Å². The van der Waals surface area contributed by atoms with Gasteiger partial charge in [-0.15, -0.1) is 0 Å². The maximum absolute atomic E-state index is 13.7. The van der Waals surface area contributed by atoms with E-state index in [1.54, 1.807) is 18.9 Å². The lowest BCUT2D eigenvalue weighted by Gasteiger charge is -2.51. The van der Waals surface area contributed by atoms with Gasteiger partial charge in [-0.3, -0.25) is 9.59 Å². The van der Waals surface area contributed by atoms with Crippen molar-refractivity contribution in [2.75, 3.05) is 40.0 Å². The number of nitrogens with zero attached hydrogens (tertiary/aromatic N) is 3. The topological polar surface area (TPSA) is 85.1 Å². The largest absolute Gasteiger partial charge is 0.381 e. The molecule has 3 aliphatic rings. The molecule has 0 radical (unpaired) electrons. The van der Waals surface area contributed by atoms with Crippen molar-refractivity contribution in [3.8, 4) is 0 Å². The van der Waals surface area contributed by atoms with E-state index in [0.29, 0.717) is 31.1 Å². The minimum Gasteiger partial charge on any atom is -0.381 e. The molecule has 1 aromatic heterocycles. The molecule has 4 heterocycles. The summed E-state index contributed by atoms with van der Waals surface area (Å²) in [4.78, 5) is 31.0. The highest BCUT2D eigenvalue weighted by Gasteiger charge is 2.52. The molecule has 2 amide bonds. The third-order valence-corrected chi connectivity index (χ3v) is 6.84. The first kappa shape index (κ1) is 20.3. The number of rotatable bonds is 4. The standard InChI is InChI=1S/C21H31N3O5/c1-15-16(14-27-2)17(22-29-15)19(25)24-11-5-6-21(7-12-28-13-8-21)18(24)20(26)23-9-3-4-10-23/h18H,3-14H2,1-2H3. The third-order valence-electron chi connectivity index (χ3n) is 6.84. The van der Waals surface area contributed by atoms with Gasteiger partial charge >= 0.3 is 0 Å². The van der Waals surface area contributed by atoms with Crippen molar-refractivity contribution in [1.82, 2.24) is 15.0 Å². The lowest BCUT2D eigenvalue weighted by Crippen LogP contribution is -2.62. The number of hydrogen-bond donors (Lipinski definition) is 0. The van der Waals surface area contributed by atoms with Crippen LogP contribution in [0.4, 0.5) is 0 Å². The maximum atomic E-state index is 13.7. The number of hydrogen-bond acceptors (Lipinski definition) is 6. The quantitative estimate of drug-likeness (QED) is 0.763. The Balaban J connectivity index is 1.69. The van der Waals surface area contributed by atoms with Crippen LogP contribution in [-0.2, 0) is 20.9 Å². The number of carbonyl (C=O) groups excluding carboxylic acids is 2. The van der Waals surface area contributed by atoms with Gasteiger partial charge in [-0.1, -0.05) is 5.16 Å². The number of methoxy groups -OCH3 is 1. The Labute approximate surface area is 171 Å². The zero-order valence-corrected chi connectivity index (χ0v) is 17.4. The molecule has 3 fully saturated rings. The van der Waals surface area contributed by atoms with Gasteiger partial charge in [0.25, 0.3) is 5.91 Å². The first-order valence-corrected chi connectivity index (χ1v) is 10.7. The highest BCUT2D eigenvalue weighted by Crippen LogP contribution is 2.45. The van der Waals surface area contributed by atoms with Gasteiger partial charge < -0.3 is 23.8 Å². The normalized spacial score (nSPS) is 24.3. The molecule has 0 aliphatic carbocycles. The smallest absolute Gasteiger partial charge is 0.277 e. The van der Waals surface area contributed by atoms with Crippen LogP contribution in [0.3, 0.4) is 0 Å². The van der Waals surface area contributed by atoms with Crippen LogP contribution in [-0.4, -0.2) is 72.8 Å². The summed E-state index contributed by atoms with van der Waals surface area (Å²) in [5, 5.41) is 4.04. The van der Waals surface area contributed by atoms with Gasteiger partial charge in [0.15, 0.2) is 5.69 Å². The van der Waals surface area contributed by atoms with Crippen molar-refractivity contribution >= 4 is 11.8 Å². The zero-order chi connectivity index (χ0) is 20.4. The second-order valence-corrected chi connectivity index (χ2v) is 8.51. The summed E-state index contributed by atoms with van der Waals surface area (Å²) in [5.41, 5.74) is 0.718. The van der Waals surface area contributed by atoms with Gasteiger partial charge in [0, 0.05) is 45.4 Å². The molecule has 8 heteroatoms. The number of ether oxygens (including phenoxy) is 2. The predicted molar refractivity (Wildman–Crippen MR) is 104 cm³/mol. The average molecular weight is 405 g/mol. The zero-order valence-electron chi connectivity index (χ0n) is 17.4. The molecule has 0 N–H and O–H groups in total. The number of piperidine rings is 1. The molecule has 1 unspecified atom stereocenters. The lowest BCUT2D eigenvalue weighted by atomic mass is 9.67. The van der Waals surface area contributed by atoms with E-state index in [2.05, 4.69) is 5.16 Å². The molecule has 1 aromatic rings. The van der Waals surface area contributed by atoms with Crippen molar-refractivity contribution in [3.05, 3.63) is 17.0 Å². The molecule has 3 aliphatic heterocycles. The van der Waals surface area contributed by atoms with Crippen molar-refractivity contribution < 1.29 is 23.6 Å². The van der Waals surface area contributed by atoms with Crippen LogP contribution in [0, 0.1) is 12.3 Å². The highest BCUT2D eigenvalue weighted by molar-refractivity contribution is 5.97. The van der Waals surface area contributed by atoms with Crippen molar-refractivity contribution in [2.45, 2.75) is 58.1 Å². The summed E-state index contributed by atoms with van der Waals surface area (Å²) in [6.45, 7) is 5.44. The van der Waals surface area contributed by atoms with Crippen molar-refractivity contribution in [1.29, 1.82) is 0 Å². The van der Waals surface area contributed by atoms with Gasteiger partial charge in [0.1, 0.15) is 11.8 Å². The Kier molecular flexibility index (Phi) is 5.92. The Morgan fingerprint density at radius 1 is 1.14 bits per heavy atom. The molecule has 0 saturated carbocycles. The van der Waals surface area contributed by atoms with E-state index in [-0.39, 0.29) is 29.5 Å². The van der Waals surface area contributed by atoms with E-state index >= 15 is 0 Å². The van der Waals surface area contributed by atoms with Gasteiger partial charge in [0.05, 0.1) is 12.2 Å². The van der Waals surface area contributed by atoms with Crippen LogP contribution in [0.15, 0.2) is 4.52 Å². The van der Waals surface area contributed by atoms with Crippen LogP contribution in [0.25, 0.3) is 0 Å². The second-order valence-electron chi connectivity index (χ2n) is 8.51. The Hall–Kier alpha value is -1.93. The van der Waals surface area contributed by atoms with Crippen molar-refractivity contribution in [3.63, 3.8) is 0 Å². The van der Waals surface area contributed by atoms with E-state index in [1.165, 1.54) is 0 Å². The van der Waals surface area contributed by atoms with Crippen LogP contribution in [0.5, 0.6) is 0 Å². The molecule has 0 bridgehead atoms. The maximum Gasteiger partial charge on any atom is 0.277 e. The number of carbonyl (C=O) groups is 2. The molecule has 3 saturated heterocycles. The highest BCUT2D eigenvalue weighted by atomic mass is 16.5. The molecule has 29 heavy (non-hydrogen) atoms. The first-order chi connectivity index (χ1) is 14.1. The van der Waals surface area contributed by atoms with E-state index in [4.69, 9.17) is 14.0 Å². The molecule has 1 spiro atoms. The summed E-state index contributed by atoms with van der Waals surface area (Å²) in [5.74, 6) is 0.443. The molecular formula is C21H31N3O5. The molecule has 0 aromatic carbocycles. The molecule has 8 nitrogen and oxygen atoms in total. The number of likely N-dealkylation sites (tertiary alicyclic amines) is 2. The van der Waals surface area contributed by atoms with E-state index in [1.807, 2.05) is 4.90 Å².